The summed E-state index contributed by atoms with van der Waals surface area (Å²) in [7, 11) is 0. The van der Waals surface area contributed by atoms with Gasteiger partial charge in [-0.1, -0.05) is 42.5 Å². The van der Waals surface area contributed by atoms with Gasteiger partial charge in [-0.15, -0.1) is 11.3 Å². The number of hydrogen-bond acceptors (Lipinski definition) is 5. The molecule has 4 rings (SSSR count). The van der Waals surface area contributed by atoms with E-state index in [-0.39, 0.29) is 18.4 Å². The number of aromatic nitrogens is 1. The van der Waals surface area contributed by atoms with E-state index in [2.05, 4.69) is 15.6 Å². The summed E-state index contributed by atoms with van der Waals surface area (Å²) in [4.78, 5) is 31.1. The molecule has 130 valence electrons. The first-order valence-electron chi connectivity index (χ1n) is 8.13. The van der Waals surface area contributed by atoms with E-state index in [0.717, 1.165) is 11.3 Å². The van der Waals surface area contributed by atoms with Crippen LogP contribution in [-0.2, 0) is 4.79 Å². The van der Waals surface area contributed by atoms with Gasteiger partial charge in [0.15, 0.2) is 5.13 Å². The van der Waals surface area contributed by atoms with Crippen LogP contribution in [0.15, 0.2) is 66.2 Å². The molecule has 0 aliphatic carbocycles. The zero-order valence-electron chi connectivity index (χ0n) is 13.8. The smallest absolute Gasteiger partial charge is 0.258 e. The number of thiazole rings is 1. The number of hydrogen-bond donors (Lipinski definition) is 2. The molecule has 7 heteroatoms. The largest absolute Gasteiger partial charge is 0.361 e. The van der Waals surface area contributed by atoms with Gasteiger partial charge in [-0.3, -0.25) is 9.59 Å². The molecule has 26 heavy (non-hydrogen) atoms. The van der Waals surface area contributed by atoms with Crippen molar-refractivity contribution in [1.82, 2.24) is 9.88 Å². The summed E-state index contributed by atoms with van der Waals surface area (Å²) in [6.07, 6.45) is 1.21. The van der Waals surface area contributed by atoms with Crippen molar-refractivity contribution in [3.05, 3.63) is 77.3 Å². The van der Waals surface area contributed by atoms with E-state index in [1.807, 2.05) is 48.5 Å². The number of anilines is 2. The standard InChI is InChI=1S/C19H16N4O2S/c24-16(22-19-20-10-11-26-19)12-23-17(13-6-2-1-3-7-13)21-15-9-5-4-8-14(15)18(23)25/h1-11,17,21H,12H2,(H,20,22,24)/t17-/m1/s1. The molecule has 1 aliphatic rings. The van der Waals surface area contributed by atoms with Crippen LogP contribution in [0.5, 0.6) is 0 Å². The molecule has 2 aromatic carbocycles. The molecule has 1 atom stereocenters. The number of fused-ring (bicyclic) bond motifs is 1. The molecule has 2 heterocycles. The average Bonchev–Trinajstić information content (AvgIpc) is 3.17. The Morgan fingerprint density at radius 3 is 2.69 bits per heavy atom. The van der Waals surface area contributed by atoms with Crippen LogP contribution in [0.3, 0.4) is 0 Å². The first kappa shape index (κ1) is 16.3. The van der Waals surface area contributed by atoms with Crippen molar-refractivity contribution in [2.45, 2.75) is 6.17 Å². The minimum Gasteiger partial charge on any atom is -0.361 e. The van der Waals surface area contributed by atoms with Crippen LogP contribution < -0.4 is 10.6 Å². The molecule has 0 radical (unpaired) electrons. The average molecular weight is 364 g/mol. The van der Waals surface area contributed by atoms with Crippen LogP contribution in [0.25, 0.3) is 0 Å². The number of carbonyl (C=O) groups excluding carboxylic acids is 2. The minimum atomic E-state index is -0.416. The van der Waals surface area contributed by atoms with Crippen molar-refractivity contribution in [3.8, 4) is 0 Å². The fraction of sp³-hybridized carbons (Fsp3) is 0.105. The molecule has 2 amide bonds. The monoisotopic (exact) mass is 364 g/mol. The summed E-state index contributed by atoms with van der Waals surface area (Å²) in [5, 5.41) is 8.40. The summed E-state index contributed by atoms with van der Waals surface area (Å²) in [5.41, 5.74) is 2.24. The Morgan fingerprint density at radius 1 is 1.15 bits per heavy atom. The van der Waals surface area contributed by atoms with Gasteiger partial charge < -0.3 is 15.5 Å². The number of benzene rings is 2. The molecule has 3 aromatic rings. The Hall–Kier alpha value is -3.19. The van der Waals surface area contributed by atoms with Crippen molar-refractivity contribution < 1.29 is 9.59 Å². The Kier molecular flexibility index (Phi) is 4.37. The van der Waals surface area contributed by atoms with Gasteiger partial charge in [0, 0.05) is 17.3 Å². The van der Waals surface area contributed by atoms with Crippen molar-refractivity contribution in [1.29, 1.82) is 0 Å². The fourth-order valence-electron chi connectivity index (χ4n) is 2.95. The maximum Gasteiger partial charge on any atom is 0.258 e. The molecular weight excluding hydrogens is 348 g/mol. The van der Waals surface area contributed by atoms with Gasteiger partial charge in [0.25, 0.3) is 5.91 Å². The quantitative estimate of drug-likeness (QED) is 0.745. The predicted molar refractivity (Wildman–Crippen MR) is 101 cm³/mol. The Bertz CT molecular complexity index is 928. The number of nitrogens with zero attached hydrogens (tertiary/aromatic N) is 2. The van der Waals surface area contributed by atoms with E-state index in [1.165, 1.54) is 11.3 Å². The van der Waals surface area contributed by atoms with Gasteiger partial charge in [0.1, 0.15) is 12.7 Å². The van der Waals surface area contributed by atoms with Crippen molar-refractivity contribution in [3.63, 3.8) is 0 Å². The molecule has 1 aliphatic heterocycles. The van der Waals surface area contributed by atoms with Gasteiger partial charge in [-0.2, -0.15) is 0 Å². The van der Waals surface area contributed by atoms with E-state index < -0.39 is 6.17 Å². The highest BCUT2D eigenvalue weighted by molar-refractivity contribution is 7.13. The third-order valence-corrected chi connectivity index (χ3v) is 4.82. The SMILES string of the molecule is O=C(CN1C(=O)c2ccccc2N[C@H]1c1ccccc1)Nc1nccs1. The number of rotatable bonds is 4. The summed E-state index contributed by atoms with van der Waals surface area (Å²) < 4.78 is 0. The molecule has 0 fully saturated rings. The Balaban J connectivity index is 1.64. The molecule has 0 bridgehead atoms. The minimum absolute atomic E-state index is 0.0701. The molecule has 6 nitrogen and oxygen atoms in total. The Labute approximate surface area is 154 Å². The van der Waals surface area contributed by atoms with Crippen LogP contribution in [0.1, 0.15) is 22.1 Å². The molecular formula is C19H16N4O2S. The van der Waals surface area contributed by atoms with Crippen LogP contribution in [0.4, 0.5) is 10.8 Å². The highest BCUT2D eigenvalue weighted by atomic mass is 32.1. The van der Waals surface area contributed by atoms with Crippen molar-refractivity contribution in [2.24, 2.45) is 0 Å². The van der Waals surface area contributed by atoms with E-state index in [4.69, 9.17) is 0 Å². The van der Waals surface area contributed by atoms with Crippen LogP contribution in [-0.4, -0.2) is 28.2 Å². The van der Waals surface area contributed by atoms with Crippen LogP contribution >= 0.6 is 11.3 Å². The van der Waals surface area contributed by atoms with Gasteiger partial charge in [0.2, 0.25) is 5.91 Å². The zero-order valence-corrected chi connectivity index (χ0v) is 14.6. The summed E-state index contributed by atoms with van der Waals surface area (Å²) in [5.74, 6) is -0.460. The first-order chi connectivity index (χ1) is 12.7. The zero-order chi connectivity index (χ0) is 17.9. The Morgan fingerprint density at radius 2 is 1.92 bits per heavy atom. The van der Waals surface area contributed by atoms with Crippen LogP contribution in [0, 0.1) is 0 Å². The van der Waals surface area contributed by atoms with E-state index in [9.17, 15) is 9.59 Å². The second kappa shape index (κ2) is 6.97. The lowest BCUT2D eigenvalue weighted by Crippen LogP contribution is -2.46. The lowest BCUT2D eigenvalue weighted by atomic mass is 10.0. The van der Waals surface area contributed by atoms with Gasteiger partial charge in [-0.05, 0) is 17.7 Å². The van der Waals surface area contributed by atoms with Gasteiger partial charge >= 0.3 is 0 Å². The summed E-state index contributed by atoms with van der Waals surface area (Å²) in [6.45, 7) is -0.0701. The second-order valence-electron chi connectivity index (χ2n) is 5.82. The number of nitrogens with one attached hydrogen (secondary N) is 2. The maximum atomic E-state index is 13.0. The topological polar surface area (TPSA) is 74.3 Å². The summed E-state index contributed by atoms with van der Waals surface area (Å²) in [6, 6.07) is 16.9. The predicted octanol–water partition coefficient (Wildman–Crippen LogP) is 3.35. The van der Waals surface area contributed by atoms with Crippen LogP contribution in [0.2, 0.25) is 0 Å². The van der Waals surface area contributed by atoms with E-state index in [0.29, 0.717) is 10.7 Å². The summed E-state index contributed by atoms with van der Waals surface area (Å²) >= 11 is 1.34. The third-order valence-electron chi connectivity index (χ3n) is 4.13. The second-order valence-corrected chi connectivity index (χ2v) is 6.72. The molecule has 1 aromatic heterocycles. The number of para-hydroxylation sites is 1. The first-order valence-corrected chi connectivity index (χ1v) is 9.01. The van der Waals surface area contributed by atoms with E-state index >= 15 is 0 Å². The lowest BCUT2D eigenvalue weighted by Gasteiger charge is -2.37. The lowest BCUT2D eigenvalue weighted by molar-refractivity contribution is -0.117. The van der Waals surface area contributed by atoms with Crippen molar-refractivity contribution in [2.75, 3.05) is 17.2 Å². The maximum absolute atomic E-state index is 13.0. The molecule has 0 unspecified atom stereocenters. The number of amides is 2. The fourth-order valence-corrected chi connectivity index (χ4v) is 3.50. The van der Waals surface area contributed by atoms with E-state index in [1.54, 1.807) is 22.5 Å². The molecule has 0 spiro atoms. The molecule has 0 saturated carbocycles. The van der Waals surface area contributed by atoms with Crippen molar-refractivity contribution >= 4 is 34.0 Å². The normalized spacial score (nSPS) is 15.9. The molecule has 0 saturated heterocycles. The third kappa shape index (κ3) is 3.16. The highest BCUT2D eigenvalue weighted by Crippen LogP contribution is 2.32. The van der Waals surface area contributed by atoms with Gasteiger partial charge in [-0.25, -0.2) is 4.98 Å². The number of carbonyl (C=O) groups is 2. The van der Waals surface area contributed by atoms with Gasteiger partial charge in [0.05, 0.1) is 5.56 Å². The highest BCUT2D eigenvalue weighted by Gasteiger charge is 2.34. The molecule has 2 N–H and O–H groups in total.